The quantitative estimate of drug-likeness (QED) is 0.776. The van der Waals surface area contributed by atoms with Gasteiger partial charge in [-0.15, -0.1) is 10.2 Å². The van der Waals surface area contributed by atoms with Gasteiger partial charge in [0.25, 0.3) is 0 Å². The summed E-state index contributed by atoms with van der Waals surface area (Å²) in [5.41, 5.74) is 5.52. The van der Waals surface area contributed by atoms with Crippen molar-refractivity contribution in [3.05, 3.63) is 0 Å². The van der Waals surface area contributed by atoms with Crippen LogP contribution >= 0.6 is 23.1 Å². The van der Waals surface area contributed by atoms with E-state index in [0.29, 0.717) is 22.4 Å². The molecule has 21 heavy (non-hydrogen) atoms. The second-order valence-corrected chi connectivity index (χ2v) is 9.67. The van der Waals surface area contributed by atoms with Gasteiger partial charge in [-0.3, -0.25) is 4.79 Å². The van der Waals surface area contributed by atoms with Crippen LogP contribution < -0.4 is 5.73 Å². The van der Waals surface area contributed by atoms with Crippen LogP contribution in [0.1, 0.15) is 20.3 Å². The Morgan fingerprint density at radius 1 is 1.57 bits per heavy atom. The summed E-state index contributed by atoms with van der Waals surface area (Å²) in [6.07, 6.45) is 0.519. The minimum absolute atomic E-state index is 0.0652. The summed E-state index contributed by atoms with van der Waals surface area (Å²) < 4.78 is 23.8. The molecule has 2 atom stereocenters. The van der Waals surface area contributed by atoms with Crippen LogP contribution in [0.15, 0.2) is 4.34 Å². The standard InChI is InChI=1S/C11H18N4O3S3/c1-3-15(8-4-5-21(17,18)6-8)9(16)7(2)19-11-14-13-10(12)20-11/h7-8H,3-6H2,1-2H3,(H2,12,13)/t7-,8+/m0/s1. The van der Waals surface area contributed by atoms with E-state index in [2.05, 4.69) is 10.2 Å². The van der Waals surface area contributed by atoms with Crippen molar-refractivity contribution in [3.8, 4) is 0 Å². The first-order valence-corrected chi connectivity index (χ1v) is 10.1. The van der Waals surface area contributed by atoms with Gasteiger partial charge in [0.2, 0.25) is 11.0 Å². The first-order chi connectivity index (χ1) is 9.82. The molecule has 1 fully saturated rings. The minimum atomic E-state index is -3.00. The van der Waals surface area contributed by atoms with Crippen LogP contribution in [0.5, 0.6) is 0 Å². The fourth-order valence-corrected chi connectivity index (χ4v) is 5.90. The van der Waals surface area contributed by atoms with Crippen LogP contribution in [0, 0.1) is 0 Å². The fourth-order valence-electron chi connectivity index (χ4n) is 2.32. The first kappa shape index (κ1) is 16.5. The van der Waals surface area contributed by atoms with Gasteiger partial charge in [-0.1, -0.05) is 23.1 Å². The van der Waals surface area contributed by atoms with Crippen LogP contribution in [0.4, 0.5) is 5.13 Å². The van der Waals surface area contributed by atoms with Crippen molar-refractivity contribution in [2.75, 3.05) is 23.8 Å². The van der Waals surface area contributed by atoms with Gasteiger partial charge in [0.05, 0.1) is 16.8 Å². The summed E-state index contributed by atoms with van der Waals surface area (Å²) in [7, 11) is -3.00. The summed E-state index contributed by atoms with van der Waals surface area (Å²) in [6.45, 7) is 4.15. The summed E-state index contributed by atoms with van der Waals surface area (Å²) in [6, 6.07) is -0.213. The molecule has 1 aliphatic heterocycles. The van der Waals surface area contributed by atoms with E-state index in [1.54, 1.807) is 11.8 Å². The second kappa shape index (κ2) is 6.49. The van der Waals surface area contributed by atoms with E-state index in [4.69, 9.17) is 5.73 Å². The Hall–Kier alpha value is -0.870. The summed E-state index contributed by atoms with van der Waals surface area (Å²) >= 11 is 2.54. The number of amides is 1. The number of nitrogens with zero attached hydrogens (tertiary/aromatic N) is 3. The predicted molar refractivity (Wildman–Crippen MR) is 84.1 cm³/mol. The molecule has 1 aliphatic rings. The van der Waals surface area contributed by atoms with E-state index < -0.39 is 9.84 Å². The van der Waals surface area contributed by atoms with Crippen molar-refractivity contribution in [1.82, 2.24) is 15.1 Å². The lowest BCUT2D eigenvalue weighted by atomic mass is 10.2. The number of aromatic nitrogens is 2. The molecule has 0 bridgehead atoms. The Bertz CT molecular complexity index is 616. The Kier molecular flexibility index (Phi) is 5.10. The number of rotatable bonds is 5. The van der Waals surface area contributed by atoms with Crippen molar-refractivity contribution in [3.63, 3.8) is 0 Å². The zero-order valence-corrected chi connectivity index (χ0v) is 14.3. The molecule has 2 heterocycles. The zero-order chi connectivity index (χ0) is 15.6. The summed E-state index contributed by atoms with van der Waals surface area (Å²) in [5.74, 6) is 0.157. The Morgan fingerprint density at radius 2 is 2.29 bits per heavy atom. The van der Waals surface area contributed by atoms with Crippen LogP contribution in [-0.2, 0) is 14.6 Å². The molecular formula is C11H18N4O3S3. The molecule has 0 spiro atoms. The first-order valence-electron chi connectivity index (χ1n) is 6.59. The molecule has 1 aromatic heterocycles. The van der Waals surface area contributed by atoms with Gasteiger partial charge in [-0.05, 0) is 20.3 Å². The lowest BCUT2D eigenvalue weighted by Crippen LogP contribution is -2.44. The fraction of sp³-hybridized carbons (Fsp3) is 0.727. The van der Waals surface area contributed by atoms with E-state index in [9.17, 15) is 13.2 Å². The van der Waals surface area contributed by atoms with Crippen molar-refractivity contribution < 1.29 is 13.2 Å². The molecule has 2 N–H and O–H groups in total. The van der Waals surface area contributed by atoms with Crippen LogP contribution in [0.25, 0.3) is 0 Å². The van der Waals surface area contributed by atoms with E-state index >= 15 is 0 Å². The molecule has 2 rings (SSSR count). The van der Waals surface area contributed by atoms with E-state index in [1.807, 2.05) is 6.92 Å². The van der Waals surface area contributed by atoms with Crippen molar-refractivity contribution >= 4 is 44.0 Å². The molecule has 1 amide bonds. The second-order valence-electron chi connectivity index (χ2n) is 4.85. The SMILES string of the molecule is CCN(C(=O)[C@H](C)Sc1nnc(N)s1)[C@@H]1CCS(=O)(=O)C1. The lowest BCUT2D eigenvalue weighted by Gasteiger charge is -2.29. The van der Waals surface area contributed by atoms with Crippen LogP contribution in [-0.4, -0.2) is 58.8 Å². The molecular weight excluding hydrogens is 332 g/mol. The topological polar surface area (TPSA) is 106 Å². The highest BCUT2D eigenvalue weighted by Crippen LogP contribution is 2.29. The van der Waals surface area contributed by atoms with Crippen molar-refractivity contribution in [2.24, 2.45) is 0 Å². The van der Waals surface area contributed by atoms with Gasteiger partial charge in [-0.25, -0.2) is 8.42 Å². The molecule has 0 aromatic carbocycles. The van der Waals surface area contributed by atoms with E-state index in [-0.39, 0.29) is 28.7 Å². The Balaban J connectivity index is 2.02. The molecule has 0 radical (unpaired) electrons. The summed E-state index contributed by atoms with van der Waals surface area (Å²) in [5, 5.41) is 7.62. The number of nitrogens with two attached hydrogens (primary N) is 1. The maximum atomic E-state index is 12.5. The Labute approximate surface area is 132 Å². The number of anilines is 1. The molecule has 1 saturated heterocycles. The number of carbonyl (C=O) groups is 1. The summed E-state index contributed by atoms with van der Waals surface area (Å²) in [4.78, 5) is 14.2. The molecule has 10 heteroatoms. The molecule has 118 valence electrons. The predicted octanol–water partition coefficient (Wildman–Crippen LogP) is 0.636. The highest BCUT2D eigenvalue weighted by Gasteiger charge is 2.35. The molecule has 7 nitrogen and oxygen atoms in total. The van der Waals surface area contributed by atoms with Crippen molar-refractivity contribution in [1.29, 1.82) is 0 Å². The third-order valence-corrected chi connectivity index (χ3v) is 6.99. The number of hydrogen-bond donors (Lipinski definition) is 1. The monoisotopic (exact) mass is 350 g/mol. The van der Waals surface area contributed by atoms with Crippen molar-refractivity contribution in [2.45, 2.75) is 35.9 Å². The zero-order valence-electron chi connectivity index (χ0n) is 11.9. The van der Waals surface area contributed by atoms with Crippen LogP contribution in [0.3, 0.4) is 0 Å². The van der Waals surface area contributed by atoms with Gasteiger partial charge < -0.3 is 10.6 Å². The smallest absolute Gasteiger partial charge is 0.236 e. The molecule has 1 aromatic rings. The largest absolute Gasteiger partial charge is 0.374 e. The minimum Gasteiger partial charge on any atom is -0.374 e. The maximum Gasteiger partial charge on any atom is 0.236 e. The molecule has 0 unspecified atom stereocenters. The van der Waals surface area contributed by atoms with E-state index in [0.717, 1.165) is 0 Å². The van der Waals surface area contributed by atoms with Gasteiger partial charge in [0, 0.05) is 12.6 Å². The number of nitrogen functional groups attached to an aromatic ring is 1. The normalized spacial score (nSPS) is 22.1. The van der Waals surface area contributed by atoms with E-state index in [1.165, 1.54) is 23.1 Å². The van der Waals surface area contributed by atoms with Gasteiger partial charge >= 0.3 is 0 Å². The van der Waals surface area contributed by atoms with Gasteiger partial charge in [0.1, 0.15) is 0 Å². The molecule has 0 saturated carbocycles. The highest BCUT2D eigenvalue weighted by molar-refractivity contribution is 8.02. The third-order valence-electron chi connectivity index (χ3n) is 3.32. The lowest BCUT2D eigenvalue weighted by molar-refractivity contribution is -0.131. The Morgan fingerprint density at radius 3 is 2.76 bits per heavy atom. The average Bonchev–Trinajstić information content (AvgIpc) is 2.96. The van der Waals surface area contributed by atoms with Gasteiger partial charge in [-0.2, -0.15) is 0 Å². The maximum absolute atomic E-state index is 12.5. The number of sulfone groups is 1. The number of hydrogen-bond acceptors (Lipinski definition) is 8. The molecule has 0 aliphatic carbocycles. The number of thioether (sulfide) groups is 1. The third kappa shape index (κ3) is 4.07. The number of carbonyl (C=O) groups excluding carboxylic acids is 1. The van der Waals surface area contributed by atoms with Gasteiger partial charge in [0.15, 0.2) is 14.2 Å². The van der Waals surface area contributed by atoms with Crippen LogP contribution in [0.2, 0.25) is 0 Å². The highest BCUT2D eigenvalue weighted by atomic mass is 32.2. The average molecular weight is 350 g/mol.